The molecule has 6 aromatic heterocycles. The van der Waals surface area contributed by atoms with E-state index in [1.807, 2.05) is 6.07 Å². The zero-order chi connectivity index (χ0) is 42.9. The van der Waals surface area contributed by atoms with Crippen molar-refractivity contribution in [3.8, 4) is 61.9 Å². The van der Waals surface area contributed by atoms with E-state index in [1.54, 1.807) is 66.1 Å². The number of ether oxygens (including phenoxy) is 3. The molecule has 13 nitrogen and oxygen atoms in total. The molecule has 0 fully saturated rings. The van der Waals surface area contributed by atoms with Crippen LogP contribution in [-0.4, -0.2) is 49.6 Å². The average Bonchev–Trinajstić information content (AvgIpc) is 3.95. The third-order valence-corrected chi connectivity index (χ3v) is 9.49. The summed E-state index contributed by atoms with van der Waals surface area (Å²) in [5.41, 5.74) is 3.62. The molecule has 0 unspecified atom stereocenters. The molecule has 61 heavy (non-hydrogen) atoms. The number of halogens is 3. The minimum Gasteiger partial charge on any atom is -0.753 e. The summed E-state index contributed by atoms with van der Waals surface area (Å²) >= 11 is 5.34. The van der Waals surface area contributed by atoms with Gasteiger partial charge in [-0.1, -0.05) is 44.1 Å². The van der Waals surface area contributed by atoms with Gasteiger partial charge < -0.3 is 29.8 Å². The number of hydrogen-bond acceptors (Lipinski definition) is 13. The Balaban J connectivity index is 0.000000252. The number of alkyl halides is 3. The quantitative estimate of drug-likeness (QED) is 0.0312. The Hall–Kier alpha value is -6.39. The predicted molar refractivity (Wildman–Crippen MR) is 221 cm³/mol. The van der Waals surface area contributed by atoms with Gasteiger partial charge in [-0.15, -0.1) is 11.3 Å². The van der Waals surface area contributed by atoms with Gasteiger partial charge in [0.25, 0.3) is 19.4 Å². The summed E-state index contributed by atoms with van der Waals surface area (Å²) in [5.74, 6) is 0.962. The monoisotopic (exact) mass is 953 g/mol. The fraction of sp³-hybridized carbons (Fsp3) is 0.167. The van der Waals surface area contributed by atoms with E-state index >= 15 is 0 Å². The van der Waals surface area contributed by atoms with Crippen molar-refractivity contribution in [3.63, 3.8) is 0 Å². The van der Waals surface area contributed by atoms with Gasteiger partial charge in [-0.05, 0) is 95.4 Å². The van der Waals surface area contributed by atoms with Crippen molar-refractivity contribution in [2.75, 3.05) is 0 Å². The van der Waals surface area contributed by atoms with Crippen LogP contribution in [0.3, 0.4) is 0 Å². The van der Waals surface area contributed by atoms with E-state index in [-0.39, 0.29) is 25.2 Å². The molecule has 0 radical (unpaired) electrons. The molecule has 19 heteroatoms. The molecule has 0 spiro atoms. The van der Waals surface area contributed by atoms with Crippen LogP contribution in [0.5, 0.6) is 17.2 Å². The maximum atomic E-state index is 12.7. The van der Waals surface area contributed by atoms with Crippen LogP contribution in [0.4, 0.5) is 13.2 Å². The van der Waals surface area contributed by atoms with Gasteiger partial charge >= 0.3 is 25.7 Å². The van der Waals surface area contributed by atoms with E-state index < -0.39 is 11.9 Å². The largest absolute Gasteiger partial charge is 2.00 e. The Morgan fingerprint density at radius 2 is 1.39 bits per heavy atom. The number of pyridine rings is 4. The summed E-state index contributed by atoms with van der Waals surface area (Å²) in [7, 11) is 0. The zero-order valence-electron chi connectivity index (χ0n) is 31.9. The van der Waals surface area contributed by atoms with Gasteiger partial charge in [0.15, 0.2) is 0 Å². The van der Waals surface area contributed by atoms with Crippen LogP contribution in [0.2, 0.25) is 0 Å². The number of rotatable bonds is 15. The van der Waals surface area contributed by atoms with E-state index in [1.165, 1.54) is 48.4 Å². The number of carbonyl (C=O) groups is 3. The predicted octanol–water partition coefficient (Wildman–Crippen LogP) is 9.59. The molecule has 0 aliphatic rings. The van der Waals surface area contributed by atoms with Crippen LogP contribution in [0.25, 0.3) is 60.8 Å². The Kier molecular flexibility index (Phi) is 18.2. The van der Waals surface area contributed by atoms with Crippen LogP contribution in [-0.2, 0) is 46.5 Å². The molecule has 0 bridgehead atoms. The van der Waals surface area contributed by atoms with Crippen LogP contribution in [0.1, 0.15) is 43.9 Å². The second kappa shape index (κ2) is 23.4. The minimum absolute atomic E-state index is 0. The molecule has 7 aromatic rings. The Labute approximate surface area is 369 Å². The van der Waals surface area contributed by atoms with Crippen molar-refractivity contribution in [2.24, 2.45) is 0 Å². The van der Waals surface area contributed by atoms with Crippen LogP contribution in [0, 0.1) is 0 Å². The fourth-order valence-electron chi connectivity index (χ4n) is 5.84. The van der Waals surface area contributed by atoms with E-state index in [0.29, 0.717) is 70.5 Å². The molecule has 0 N–H and O–H groups in total. The van der Waals surface area contributed by atoms with Crippen molar-refractivity contribution >= 4 is 58.9 Å². The van der Waals surface area contributed by atoms with Gasteiger partial charge in [-0.3, -0.25) is 29.3 Å². The first-order chi connectivity index (χ1) is 29.1. The first-order valence-corrected chi connectivity index (χ1v) is 19.2. The summed E-state index contributed by atoms with van der Waals surface area (Å²) < 4.78 is 52.9. The van der Waals surface area contributed by atoms with Gasteiger partial charge in [0.2, 0.25) is 0 Å². The molecule has 1 aromatic carbocycles. The summed E-state index contributed by atoms with van der Waals surface area (Å²) in [5, 5.41) is 18.8. The first kappa shape index (κ1) is 47.3. The van der Waals surface area contributed by atoms with Crippen molar-refractivity contribution in [3.05, 3.63) is 113 Å². The summed E-state index contributed by atoms with van der Waals surface area (Å²) in [6.07, 6.45) is 5.87. The number of aromatic nitrogens is 6. The Morgan fingerprint density at radius 1 is 0.770 bits per heavy atom. The molecule has 6 heterocycles. The SMILES string of the molecule is CCCCCCc1ccsc1-c1ccnc(-c2cc(C(F)(F)F)n[n-]2)c1.O=COc1ccnc(-c2cc3cc(OC=O)ccc3c(-c3cc(OC=O)ccn3)n2)c1.[N-]=C=S.[Ru+2]. The van der Waals surface area contributed by atoms with Gasteiger partial charge in [-0.2, -0.15) is 18.3 Å². The summed E-state index contributed by atoms with van der Waals surface area (Å²) in [6.45, 7) is 3.18. The number of thiocarbonyl (C=S) groups is 1. The standard InChI is InChI=1S/C22H13N3O6.C19H19F3N3S.CNS.Ru/c26-11-29-15-1-2-18-14(7-15)8-20(19-9-16(30-12-27)3-5-23-19)25-22(18)21-10-17(31-13-28)4-6-24-21;1-2-3-4-5-6-13-8-10-26-18(13)14-7-9-23-15(11-14)16-12-17(25-24-16)19(20,21)22;2-1-3;/h1-13H;7-12H,2-6H2,1H3;;/q;2*-1;+2. The van der Waals surface area contributed by atoms with Crippen molar-refractivity contribution < 1.29 is 61.2 Å². The number of aryl methyl sites for hydroxylation is 1. The molecule has 7 rings (SSSR count). The number of hydrogen-bond donors (Lipinski definition) is 0. The zero-order valence-corrected chi connectivity index (χ0v) is 35.3. The van der Waals surface area contributed by atoms with Gasteiger partial charge in [0.1, 0.15) is 22.9 Å². The summed E-state index contributed by atoms with van der Waals surface area (Å²) in [4.78, 5) is 50.8. The molecule has 0 saturated carbocycles. The smallest absolute Gasteiger partial charge is 0.753 e. The van der Waals surface area contributed by atoms with E-state index in [4.69, 9.17) is 24.6 Å². The average molecular weight is 953 g/mol. The molecule has 0 aliphatic heterocycles. The van der Waals surface area contributed by atoms with E-state index in [2.05, 4.69) is 55.7 Å². The molecule has 312 valence electrons. The number of thiophene rings is 1. The summed E-state index contributed by atoms with van der Waals surface area (Å²) in [6, 6.07) is 19.8. The molecule has 0 amide bonds. The minimum atomic E-state index is -4.50. The van der Waals surface area contributed by atoms with Crippen molar-refractivity contribution in [2.45, 2.75) is 45.2 Å². The van der Waals surface area contributed by atoms with Crippen LogP contribution < -0.4 is 19.3 Å². The fourth-order valence-corrected chi connectivity index (χ4v) is 6.79. The first-order valence-electron chi connectivity index (χ1n) is 17.9. The second-order valence-corrected chi connectivity index (χ2v) is 13.5. The molecule has 0 saturated heterocycles. The van der Waals surface area contributed by atoms with Gasteiger partial charge in [0, 0.05) is 41.0 Å². The number of unbranched alkanes of at least 4 members (excludes halogenated alkanes) is 3. The molecular formula is C42H32F3N7O6RuS2. The molecule has 0 aliphatic carbocycles. The second-order valence-electron chi connectivity index (χ2n) is 12.4. The number of benzene rings is 1. The maximum Gasteiger partial charge on any atom is 2.00 e. The van der Waals surface area contributed by atoms with Gasteiger partial charge in [0.05, 0.1) is 28.5 Å². The van der Waals surface area contributed by atoms with Crippen molar-refractivity contribution in [1.29, 1.82) is 0 Å². The van der Waals surface area contributed by atoms with E-state index in [9.17, 15) is 27.6 Å². The number of isothiocyanates is 1. The third-order valence-electron chi connectivity index (χ3n) is 8.48. The topological polar surface area (TPSA) is 180 Å². The van der Waals surface area contributed by atoms with Gasteiger partial charge in [-0.25, -0.2) is 4.98 Å². The Bertz CT molecular complexity index is 2600. The number of nitrogens with zero attached hydrogens (tertiary/aromatic N) is 7. The molecular weight excluding hydrogens is 921 g/mol. The Morgan fingerprint density at radius 3 is 2.03 bits per heavy atom. The molecule has 0 atom stereocenters. The number of fused-ring (bicyclic) bond motifs is 1. The van der Waals surface area contributed by atoms with Crippen LogP contribution >= 0.6 is 23.6 Å². The van der Waals surface area contributed by atoms with Crippen LogP contribution in [0.15, 0.2) is 96.8 Å². The number of carbonyl (C=O) groups excluding carboxylic acids is 3. The maximum absolute atomic E-state index is 12.7. The van der Waals surface area contributed by atoms with E-state index in [0.717, 1.165) is 34.7 Å². The normalized spacial score (nSPS) is 10.4. The third kappa shape index (κ3) is 13.1. The van der Waals surface area contributed by atoms with Crippen molar-refractivity contribution in [1.82, 2.24) is 30.1 Å².